The number of carbonyl (C=O) groups is 1. The summed E-state index contributed by atoms with van der Waals surface area (Å²) in [5.74, 6) is -3.77. The first-order chi connectivity index (χ1) is 9.68. The lowest BCUT2D eigenvalue weighted by Gasteiger charge is -2.25. The summed E-state index contributed by atoms with van der Waals surface area (Å²) >= 11 is 0. The molecule has 1 aromatic rings. The number of benzene rings is 1. The molecule has 6 nitrogen and oxygen atoms in total. The highest BCUT2D eigenvalue weighted by Gasteiger charge is 2.48. The molecule has 0 bridgehead atoms. The van der Waals surface area contributed by atoms with Gasteiger partial charge in [-0.2, -0.15) is 0 Å². The third-order valence-electron chi connectivity index (χ3n) is 3.43. The normalized spacial score (nSPS) is 26.0. The minimum atomic E-state index is -4.55. The van der Waals surface area contributed by atoms with E-state index >= 15 is 0 Å². The van der Waals surface area contributed by atoms with Gasteiger partial charge in [0.15, 0.2) is 4.90 Å². The Kier molecular flexibility index (Phi) is 4.00. The van der Waals surface area contributed by atoms with Crippen molar-refractivity contribution in [2.45, 2.75) is 17.9 Å². The van der Waals surface area contributed by atoms with Gasteiger partial charge in [0.2, 0.25) is 10.0 Å². The number of carboxylic acid groups (broad SMARTS) is 1. The van der Waals surface area contributed by atoms with Gasteiger partial charge in [0, 0.05) is 0 Å². The minimum absolute atomic E-state index is 0.196. The molecule has 0 spiro atoms. The molecule has 2 atom stereocenters. The lowest BCUT2D eigenvalue weighted by atomic mass is 9.86. The SMILES string of the molecule is CC1(C(=O)O)COCC1NS(=O)(=O)c1c(F)cccc1F. The smallest absolute Gasteiger partial charge is 0.313 e. The van der Waals surface area contributed by atoms with Crippen LogP contribution in [-0.2, 0) is 19.6 Å². The highest BCUT2D eigenvalue weighted by atomic mass is 32.2. The maximum absolute atomic E-state index is 13.6. The molecule has 1 saturated heterocycles. The van der Waals surface area contributed by atoms with Crippen LogP contribution in [0.1, 0.15) is 6.92 Å². The minimum Gasteiger partial charge on any atom is -0.481 e. The number of sulfonamides is 1. The van der Waals surface area contributed by atoms with Crippen molar-refractivity contribution in [2.75, 3.05) is 13.2 Å². The van der Waals surface area contributed by atoms with Crippen LogP contribution in [0.15, 0.2) is 23.1 Å². The van der Waals surface area contributed by atoms with E-state index in [1.807, 2.05) is 4.72 Å². The van der Waals surface area contributed by atoms with Gasteiger partial charge in [-0.25, -0.2) is 21.9 Å². The van der Waals surface area contributed by atoms with Crippen LogP contribution in [-0.4, -0.2) is 38.7 Å². The maximum atomic E-state index is 13.6. The quantitative estimate of drug-likeness (QED) is 0.853. The third-order valence-corrected chi connectivity index (χ3v) is 4.95. The Morgan fingerprint density at radius 1 is 1.43 bits per heavy atom. The van der Waals surface area contributed by atoms with Crippen molar-refractivity contribution in [3.63, 3.8) is 0 Å². The molecule has 1 aliphatic rings. The number of nitrogens with one attached hydrogen (secondary N) is 1. The zero-order valence-corrected chi connectivity index (χ0v) is 11.8. The van der Waals surface area contributed by atoms with E-state index in [0.29, 0.717) is 0 Å². The molecule has 1 heterocycles. The van der Waals surface area contributed by atoms with Gasteiger partial charge in [-0.05, 0) is 19.1 Å². The van der Waals surface area contributed by atoms with Crippen molar-refractivity contribution in [3.8, 4) is 0 Å². The molecule has 9 heteroatoms. The fraction of sp³-hybridized carbons (Fsp3) is 0.417. The third kappa shape index (κ3) is 2.76. The highest BCUT2D eigenvalue weighted by Crippen LogP contribution is 2.30. The molecule has 0 aliphatic carbocycles. The average molecular weight is 321 g/mol. The molecule has 1 aromatic carbocycles. The molecule has 116 valence electrons. The summed E-state index contributed by atoms with van der Waals surface area (Å²) in [6, 6.07) is 1.52. The first-order valence-electron chi connectivity index (χ1n) is 5.96. The zero-order valence-electron chi connectivity index (χ0n) is 11.0. The summed E-state index contributed by atoms with van der Waals surface area (Å²) in [7, 11) is -4.55. The van der Waals surface area contributed by atoms with Gasteiger partial charge < -0.3 is 9.84 Å². The summed E-state index contributed by atoms with van der Waals surface area (Å²) in [6.45, 7) is 0.903. The number of hydrogen-bond donors (Lipinski definition) is 2. The molecular weight excluding hydrogens is 308 g/mol. The van der Waals surface area contributed by atoms with Crippen LogP contribution in [0.4, 0.5) is 8.78 Å². The molecule has 1 aliphatic heterocycles. The highest BCUT2D eigenvalue weighted by molar-refractivity contribution is 7.89. The van der Waals surface area contributed by atoms with Crippen molar-refractivity contribution >= 4 is 16.0 Å². The van der Waals surface area contributed by atoms with E-state index in [4.69, 9.17) is 9.84 Å². The molecule has 2 rings (SSSR count). The summed E-state index contributed by atoms with van der Waals surface area (Å²) < 4.78 is 58.3. The van der Waals surface area contributed by atoms with E-state index < -0.39 is 44.0 Å². The molecule has 1 fully saturated rings. The number of hydrogen-bond acceptors (Lipinski definition) is 4. The van der Waals surface area contributed by atoms with Crippen LogP contribution in [0.5, 0.6) is 0 Å². The average Bonchev–Trinajstić information content (AvgIpc) is 2.71. The maximum Gasteiger partial charge on any atom is 0.313 e. The van der Waals surface area contributed by atoms with Crippen molar-refractivity contribution in [2.24, 2.45) is 5.41 Å². The van der Waals surface area contributed by atoms with E-state index in [0.717, 1.165) is 18.2 Å². The number of halogens is 2. The van der Waals surface area contributed by atoms with E-state index in [1.165, 1.54) is 6.92 Å². The fourth-order valence-electron chi connectivity index (χ4n) is 2.03. The Hall–Kier alpha value is -1.58. The lowest BCUT2D eigenvalue weighted by molar-refractivity contribution is -0.148. The number of ether oxygens (including phenoxy) is 1. The van der Waals surface area contributed by atoms with Gasteiger partial charge in [-0.1, -0.05) is 6.07 Å². The van der Waals surface area contributed by atoms with Crippen LogP contribution in [0.25, 0.3) is 0 Å². The van der Waals surface area contributed by atoms with Gasteiger partial charge in [0.1, 0.15) is 17.0 Å². The van der Waals surface area contributed by atoms with E-state index in [2.05, 4.69) is 0 Å². The topological polar surface area (TPSA) is 92.7 Å². The van der Waals surface area contributed by atoms with Crippen LogP contribution < -0.4 is 4.72 Å². The predicted octanol–water partition coefficient (Wildman–Crippen LogP) is 0.733. The fourth-order valence-corrected chi connectivity index (χ4v) is 3.50. The first-order valence-corrected chi connectivity index (χ1v) is 7.44. The van der Waals surface area contributed by atoms with Crippen LogP contribution >= 0.6 is 0 Å². The molecular formula is C12H13F2NO5S. The van der Waals surface area contributed by atoms with Gasteiger partial charge in [-0.15, -0.1) is 0 Å². The van der Waals surface area contributed by atoms with E-state index in [9.17, 15) is 22.0 Å². The van der Waals surface area contributed by atoms with E-state index in [-0.39, 0.29) is 13.2 Å². The summed E-state index contributed by atoms with van der Waals surface area (Å²) in [4.78, 5) is 10.1. The Bertz CT molecular complexity index is 658. The molecule has 21 heavy (non-hydrogen) atoms. The number of aliphatic carboxylic acids is 1. The monoisotopic (exact) mass is 321 g/mol. The molecule has 0 radical (unpaired) electrons. The molecule has 2 unspecified atom stereocenters. The second-order valence-electron chi connectivity index (χ2n) is 4.96. The van der Waals surface area contributed by atoms with Crippen LogP contribution in [0.2, 0.25) is 0 Å². The lowest BCUT2D eigenvalue weighted by Crippen LogP contribution is -2.49. The number of carboxylic acids is 1. The largest absolute Gasteiger partial charge is 0.481 e. The van der Waals surface area contributed by atoms with Crippen molar-refractivity contribution in [1.29, 1.82) is 0 Å². The Morgan fingerprint density at radius 2 is 2.00 bits per heavy atom. The Labute approximate surface area is 119 Å². The molecule has 0 amide bonds. The summed E-state index contributed by atoms with van der Waals surface area (Å²) in [5, 5.41) is 9.16. The first kappa shape index (κ1) is 15.8. The summed E-state index contributed by atoms with van der Waals surface area (Å²) in [5.41, 5.74) is -1.51. The second kappa shape index (κ2) is 5.32. The van der Waals surface area contributed by atoms with E-state index in [1.54, 1.807) is 0 Å². The summed E-state index contributed by atoms with van der Waals surface area (Å²) in [6.07, 6.45) is 0. The van der Waals surface area contributed by atoms with Gasteiger partial charge in [0.25, 0.3) is 0 Å². The Morgan fingerprint density at radius 3 is 2.52 bits per heavy atom. The van der Waals surface area contributed by atoms with Crippen LogP contribution in [0.3, 0.4) is 0 Å². The standard InChI is InChI=1S/C12H13F2NO5S/c1-12(11(16)17)6-20-5-9(12)15-21(18,19)10-7(13)3-2-4-8(10)14/h2-4,9,15H,5-6H2,1H3,(H,16,17). The molecule has 0 saturated carbocycles. The van der Waals surface area contributed by atoms with Crippen molar-refractivity contribution < 1.29 is 31.8 Å². The molecule has 0 aromatic heterocycles. The second-order valence-corrected chi connectivity index (χ2v) is 6.61. The van der Waals surface area contributed by atoms with Crippen LogP contribution in [0, 0.1) is 17.0 Å². The predicted molar refractivity (Wildman–Crippen MR) is 67.0 cm³/mol. The van der Waals surface area contributed by atoms with Crippen molar-refractivity contribution in [1.82, 2.24) is 4.72 Å². The van der Waals surface area contributed by atoms with Gasteiger partial charge in [-0.3, -0.25) is 4.79 Å². The Balaban J connectivity index is 2.37. The van der Waals surface area contributed by atoms with Crippen molar-refractivity contribution in [3.05, 3.63) is 29.8 Å². The van der Waals surface area contributed by atoms with Gasteiger partial charge >= 0.3 is 5.97 Å². The number of rotatable bonds is 4. The molecule has 2 N–H and O–H groups in total. The zero-order chi connectivity index (χ0) is 15.8. The van der Waals surface area contributed by atoms with Gasteiger partial charge in [0.05, 0.1) is 19.3 Å².